The van der Waals surface area contributed by atoms with Gasteiger partial charge in [0.25, 0.3) is 0 Å². The Labute approximate surface area is 119 Å². The van der Waals surface area contributed by atoms with E-state index in [1.807, 2.05) is 4.68 Å². The highest BCUT2D eigenvalue weighted by molar-refractivity contribution is 5.44. The highest BCUT2D eigenvalue weighted by Gasteiger charge is 2.13. The largest absolute Gasteiger partial charge is 0.385 e. The van der Waals surface area contributed by atoms with Crippen LogP contribution in [0.2, 0.25) is 0 Å². The van der Waals surface area contributed by atoms with Crippen LogP contribution in [0, 0.1) is 5.92 Å². The summed E-state index contributed by atoms with van der Waals surface area (Å²) in [7, 11) is 0. The average molecular weight is 272 g/mol. The van der Waals surface area contributed by atoms with Gasteiger partial charge in [0, 0.05) is 18.8 Å². The summed E-state index contributed by atoms with van der Waals surface area (Å²) in [6.45, 7) is 3.56. The van der Waals surface area contributed by atoms with Gasteiger partial charge in [0.1, 0.15) is 12.7 Å². The summed E-state index contributed by atoms with van der Waals surface area (Å²) >= 11 is 0. The van der Waals surface area contributed by atoms with Crippen molar-refractivity contribution in [1.82, 2.24) is 14.8 Å². The quantitative estimate of drug-likeness (QED) is 0.906. The zero-order chi connectivity index (χ0) is 13.6. The van der Waals surface area contributed by atoms with E-state index in [1.54, 1.807) is 12.7 Å². The summed E-state index contributed by atoms with van der Waals surface area (Å²) < 4.78 is 7.31. The third kappa shape index (κ3) is 3.57. The zero-order valence-corrected chi connectivity index (χ0v) is 11.5. The number of nitrogens with one attached hydrogen (secondary N) is 1. The number of ether oxygens (including phenoxy) is 1. The van der Waals surface area contributed by atoms with Gasteiger partial charge in [0.2, 0.25) is 0 Å². The van der Waals surface area contributed by atoms with Crippen LogP contribution < -0.4 is 5.32 Å². The van der Waals surface area contributed by atoms with Gasteiger partial charge in [-0.1, -0.05) is 12.1 Å². The van der Waals surface area contributed by atoms with Crippen LogP contribution in [0.5, 0.6) is 0 Å². The maximum absolute atomic E-state index is 5.49. The van der Waals surface area contributed by atoms with Crippen molar-refractivity contribution in [2.75, 3.05) is 25.1 Å². The average Bonchev–Trinajstić information content (AvgIpc) is 3.01. The first kappa shape index (κ1) is 13.1. The molecule has 1 unspecified atom stereocenters. The van der Waals surface area contributed by atoms with E-state index in [0.29, 0.717) is 5.92 Å². The molecule has 0 radical (unpaired) electrons. The molecule has 1 fully saturated rings. The Balaban J connectivity index is 1.50. The molecule has 106 valence electrons. The van der Waals surface area contributed by atoms with Crippen LogP contribution in [0.4, 0.5) is 5.69 Å². The molecule has 3 rings (SSSR count). The van der Waals surface area contributed by atoms with Gasteiger partial charge in [0.05, 0.1) is 13.2 Å². The molecule has 1 aliphatic heterocycles. The number of rotatable bonds is 5. The number of benzene rings is 1. The van der Waals surface area contributed by atoms with Crippen LogP contribution in [-0.2, 0) is 11.3 Å². The summed E-state index contributed by atoms with van der Waals surface area (Å²) in [6.07, 6.45) is 5.73. The Kier molecular flexibility index (Phi) is 4.28. The van der Waals surface area contributed by atoms with Crippen molar-refractivity contribution in [2.45, 2.75) is 19.4 Å². The van der Waals surface area contributed by atoms with Gasteiger partial charge in [-0.05, 0) is 36.5 Å². The molecule has 1 aromatic heterocycles. The minimum Gasteiger partial charge on any atom is -0.385 e. The molecule has 0 spiro atoms. The smallest absolute Gasteiger partial charge is 0.137 e. The molecule has 0 aliphatic carbocycles. The van der Waals surface area contributed by atoms with Crippen molar-refractivity contribution in [3.8, 4) is 0 Å². The Morgan fingerprint density at radius 3 is 2.90 bits per heavy atom. The second-order valence-electron chi connectivity index (χ2n) is 5.25. The molecule has 1 N–H and O–H groups in total. The molecule has 1 aliphatic rings. The summed E-state index contributed by atoms with van der Waals surface area (Å²) in [4.78, 5) is 3.94. The second kappa shape index (κ2) is 6.52. The van der Waals surface area contributed by atoms with Crippen LogP contribution >= 0.6 is 0 Å². The standard InChI is InChI=1S/C15H20N4O/c1-2-14(10-20-7-1)8-17-15-5-3-13(4-6-15)9-19-12-16-11-18-19/h3-6,11-12,14,17H,1-2,7-10H2. The lowest BCUT2D eigenvalue weighted by atomic mass is 10.0. The van der Waals surface area contributed by atoms with E-state index in [1.165, 1.54) is 18.4 Å². The van der Waals surface area contributed by atoms with Gasteiger partial charge in [-0.25, -0.2) is 9.67 Å². The SMILES string of the molecule is c1ncn(Cc2ccc(NCC3CCCOC3)cc2)n1. The predicted molar refractivity (Wildman–Crippen MR) is 77.6 cm³/mol. The fourth-order valence-corrected chi connectivity index (χ4v) is 2.46. The third-order valence-electron chi connectivity index (χ3n) is 3.61. The van der Waals surface area contributed by atoms with Crippen LogP contribution in [0.25, 0.3) is 0 Å². The van der Waals surface area contributed by atoms with Gasteiger partial charge in [0.15, 0.2) is 0 Å². The fourth-order valence-electron chi connectivity index (χ4n) is 2.46. The Morgan fingerprint density at radius 1 is 1.30 bits per heavy atom. The van der Waals surface area contributed by atoms with Crippen molar-refractivity contribution in [3.05, 3.63) is 42.5 Å². The Hall–Kier alpha value is -1.88. The van der Waals surface area contributed by atoms with E-state index >= 15 is 0 Å². The van der Waals surface area contributed by atoms with E-state index in [9.17, 15) is 0 Å². The number of aromatic nitrogens is 3. The monoisotopic (exact) mass is 272 g/mol. The van der Waals surface area contributed by atoms with Crippen LogP contribution in [0.3, 0.4) is 0 Å². The van der Waals surface area contributed by atoms with Crippen molar-refractivity contribution < 1.29 is 4.74 Å². The molecular weight excluding hydrogens is 252 g/mol. The van der Waals surface area contributed by atoms with E-state index < -0.39 is 0 Å². The molecule has 1 saturated heterocycles. The maximum atomic E-state index is 5.49. The highest BCUT2D eigenvalue weighted by Crippen LogP contribution is 2.16. The summed E-state index contributed by atoms with van der Waals surface area (Å²) in [5.41, 5.74) is 2.39. The van der Waals surface area contributed by atoms with Crippen molar-refractivity contribution in [1.29, 1.82) is 0 Å². The first-order valence-corrected chi connectivity index (χ1v) is 7.13. The third-order valence-corrected chi connectivity index (χ3v) is 3.61. The number of nitrogens with zero attached hydrogens (tertiary/aromatic N) is 3. The lowest BCUT2D eigenvalue weighted by Crippen LogP contribution is -2.24. The minimum absolute atomic E-state index is 0.638. The molecule has 1 aromatic carbocycles. The second-order valence-corrected chi connectivity index (χ2v) is 5.25. The molecule has 5 nitrogen and oxygen atoms in total. The molecule has 0 bridgehead atoms. The van der Waals surface area contributed by atoms with Gasteiger partial charge in [-0.15, -0.1) is 0 Å². The van der Waals surface area contributed by atoms with Crippen molar-refractivity contribution >= 4 is 5.69 Å². The van der Waals surface area contributed by atoms with Gasteiger partial charge < -0.3 is 10.1 Å². The number of hydrogen-bond donors (Lipinski definition) is 1. The molecule has 2 heterocycles. The number of anilines is 1. The van der Waals surface area contributed by atoms with Crippen molar-refractivity contribution in [2.24, 2.45) is 5.92 Å². The molecular formula is C15H20N4O. The zero-order valence-electron chi connectivity index (χ0n) is 11.5. The molecule has 2 aromatic rings. The minimum atomic E-state index is 0.638. The van der Waals surface area contributed by atoms with Gasteiger partial charge in [-0.3, -0.25) is 0 Å². The molecule has 0 amide bonds. The van der Waals surface area contributed by atoms with Crippen LogP contribution in [-0.4, -0.2) is 34.5 Å². The van der Waals surface area contributed by atoms with E-state index in [-0.39, 0.29) is 0 Å². The first-order chi connectivity index (χ1) is 9.90. The number of hydrogen-bond acceptors (Lipinski definition) is 4. The Morgan fingerprint density at radius 2 is 2.20 bits per heavy atom. The molecule has 20 heavy (non-hydrogen) atoms. The fraction of sp³-hybridized carbons (Fsp3) is 0.467. The van der Waals surface area contributed by atoms with E-state index in [2.05, 4.69) is 39.7 Å². The lowest BCUT2D eigenvalue weighted by Gasteiger charge is -2.22. The van der Waals surface area contributed by atoms with E-state index in [0.717, 1.165) is 32.0 Å². The predicted octanol–water partition coefficient (Wildman–Crippen LogP) is 2.16. The maximum Gasteiger partial charge on any atom is 0.137 e. The summed E-state index contributed by atoms with van der Waals surface area (Å²) in [5, 5.41) is 7.59. The topological polar surface area (TPSA) is 52.0 Å². The Bertz CT molecular complexity index is 503. The van der Waals surface area contributed by atoms with Gasteiger partial charge in [-0.2, -0.15) is 5.10 Å². The summed E-state index contributed by atoms with van der Waals surface area (Å²) in [5.74, 6) is 0.638. The first-order valence-electron chi connectivity index (χ1n) is 7.13. The highest BCUT2D eigenvalue weighted by atomic mass is 16.5. The summed E-state index contributed by atoms with van der Waals surface area (Å²) in [6, 6.07) is 8.49. The lowest BCUT2D eigenvalue weighted by molar-refractivity contribution is 0.0595. The van der Waals surface area contributed by atoms with Gasteiger partial charge >= 0.3 is 0 Å². The van der Waals surface area contributed by atoms with E-state index in [4.69, 9.17) is 4.74 Å². The van der Waals surface area contributed by atoms with Crippen molar-refractivity contribution in [3.63, 3.8) is 0 Å². The van der Waals surface area contributed by atoms with Crippen LogP contribution in [0.15, 0.2) is 36.9 Å². The molecule has 5 heteroatoms. The van der Waals surface area contributed by atoms with Crippen LogP contribution in [0.1, 0.15) is 18.4 Å². The normalized spacial score (nSPS) is 18.9. The molecule has 1 atom stereocenters. The molecule has 0 saturated carbocycles.